The molecule has 48 heavy (non-hydrogen) atoms. The summed E-state index contributed by atoms with van der Waals surface area (Å²) in [4.78, 5) is 83.2. The first-order chi connectivity index (χ1) is 23.1. The van der Waals surface area contributed by atoms with Crippen LogP contribution in [0.2, 0.25) is 0 Å². The van der Waals surface area contributed by atoms with Crippen molar-refractivity contribution in [3.63, 3.8) is 0 Å². The van der Waals surface area contributed by atoms with Gasteiger partial charge in [0.25, 0.3) is 0 Å². The third-order valence-corrected chi connectivity index (χ3v) is 8.47. The third kappa shape index (κ3) is 9.97. The Bertz CT molecular complexity index is 1410. The van der Waals surface area contributed by atoms with Gasteiger partial charge in [-0.25, -0.2) is 42.5 Å². The summed E-state index contributed by atoms with van der Waals surface area (Å²) in [6.07, 6.45) is 10.8. The van der Waals surface area contributed by atoms with E-state index in [-0.39, 0.29) is 51.3 Å². The van der Waals surface area contributed by atoms with Gasteiger partial charge >= 0.3 is 40.9 Å². The molecule has 2 saturated carbocycles. The van der Waals surface area contributed by atoms with Gasteiger partial charge in [-0.15, -0.1) is 0 Å². The van der Waals surface area contributed by atoms with Gasteiger partial charge in [-0.1, -0.05) is 19.7 Å². The second kappa shape index (κ2) is 17.0. The van der Waals surface area contributed by atoms with Crippen molar-refractivity contribution in [1.82, 2.24) is 13.7 Å². The fourth-order valence-electron chi connectivity index (χ4n) is 5.72. The lowest BCUT2D eigenvalue weighted by Gasteiger charge is -2.21. The number of nitrogens with zero attached hydrogens (tertiary/aromatic N) is 3. The normalized spacial score (nSPS) is 24.6. The molecule has 0 radical (unpaired) electrons. The first-order valence-corrected chi connectivity index (χ1v) is 15.9. The lowest BCUT2D eigenvalue weighted by Crippen LogP contribution is -2.55. The number of aromatic nitrogens is 3. The zero-order valence-corrected chi connectivity index (χ0v) is 26.7. The van der Waals surface area contributed by atoms with Crippen LogP contribution >= 0.6 is 0 Å². The minimum Gasteiger partial charge on any atom is -0.465 e. The fraction of sp³-hybridized carbons (Fsp3) is 0.594. The Hall–Kier alpha value is -4.57. The third-order valence-electron chi connectivity index (χ3n) is 8.47. The first-order valence-electron chi connectivity index (χ1n) is 15.9. The summed E-state index contributed by atoms with van der Waals surface area (Å²) in [7, 11) is 0. The smallest absolute Gasteiger partial charge is 0.336 e. The summed E-state index contributed by atoms with van der Waals surface area (Å²) in [6.45, 7) is 8.19. The molecule has 2 saturated heterocycles. The highest BCUT2D eigenvalue weighted by Gasteiger charge is 2.47. The molecule has 5 rings (SSSR count). The summed E-state index contributed by atoms with van der Waals surface area (Å²) in [5, 5.41) is 0. The predicted octanol–water partition coefficient (Wildman–Crippen LogP) is 0.0239. The van der Waals surface area contributed by atoms with Crippen molar-refractivity contribution in [3.05, 3.63) is 69.4 Å². The number of carbonyl (C=O) groups is 4. The number of epoxide rings is 2. The van der Waals surface area contributed by atoms with E-state index in [1.165, 1.54) is 0 Å². The van der Waals surface area contributed by atoms with Gasteiger partial charge in [0.15, 0.2) is 0 Å². The van der Waals surface area contributed by atoms with E-state index in [0.717, 1.165) is 56.8 Å². The Labute approximate surface area is 275 Å². The lowest BCUT2D eigenvalue weighted by atomic mass is 9.89. The SMILES string of the molecule is C=CC(=O)OCCn1c(=O)n(CCOC(=O)C=C)c(=O)n(CCOC(=O)C=C)c1=O.O=C(OCC1CCC2OC2C1)C1CCC2OC2C1. The number of esters is 4. The molecule has 0 bridgehead atoms. The molecule has 6 unspecified atom stereocenters. The molecule has 16 heteroatoms. The number of fused-ring (bicyclic) bond motifs is 2. The topological polar surface area (TPSA) is 196 Å². The zero-order valence-electron chi connectivity index (χ0n) is 26.7. The van der Waals surface area contributed by atoms with Crippen molar-refractivity contribution in [2.75, 3.05) is 26.4 Å². The summed E-state index contributed by atoms with van der Waals surface area (Å²) in [6, 6.07) is 0. The van der Waals surface area contributed by atoms with Crippen LogP contribution in [0.15, 0.2) is 52.3 Å². The minimum absolute atomic E-state index is 0.00258. The quantitative estimate of drug-likeness (QED) is 0.105. The standard InChI is InChI=1S/C18H21N3O9.C14H20O4/c1-4-13(22)28-10-7-19-16(25)20(8-11-29-14(23)5-2)18(27)21(17(19)26)9-12-30-15(24)6-3;15-14(9-2-4-11-13(6-9)18-11)16-7-8-1-3-10-12(5-8)17-10/h4-6H,1-3,7-12H2;8-13H,1-7H2. The van der Waals surface area contributed by atoms with Crippen LogP contribution in [0.25, 0.3) is 0 Å². The maximum Gasteiger partial charge on any atom is 0.336 e. The summed E-state index contributed by atoms with van der Waals surface area (Å²) in [5.74, 6) is -1.67. The van der Waals surface area contributed by atoms with E-state index in [9.17, 15) is 33.6 Å². The van der Waals surface area contributed by atoms with Crippen molar-refractivity contribution in [1.29, 1.82) is 0 Å². The van der Waals surface area contributed by atoms with E-state index in [1.807, 2.05) is 0 Å². The predicted molar refractivity (Wildman–Crippen MR) is 166 cm³/mol. The molecule has 262 valence electrons. The van der Waals surface area contributed by atoms with E-state index in [1.54, 1.807) is 0 Å². The van der Waals surface area contributed by atoms with E-state index >= 15 is 0 Å². The van der Waals surface area contributed by atoms with Crippen LogP contribution in [0.3, 0.4) is 0 Å². The Morgan fingerprint density at radius 3 is 1.42 bits per heavy atom. The Balaban J connectivity index is 0.000000241. The summed E-state index contributed by atoms with van der Waals surface area (Å²) < 4.78 is 32.7. The summed E-state index contributed by atoms with van der Waals surface area (Å²) in [5.41, 5.74) is -2.98. The van der Waals surface area contributed by atoms with Gasteiger partial charge in [0.1, 0.15) is 19.8 Å². The molecule has 1 aromatic rings. The second-order valence-electron chi connectivity index (χ2n) is 11.7. The van der Waals surface area contributed by atoms with Gasteiger partial charge in [0, 0.05) is 18.2 Å². The van der Waals surface area contributed by atoms with Crippen LogP contribution in [0.4, 0.5) is 0 Å². The molecule has 3 heterocycles. The molecule has 1 aromatic heterocycles. The monoisotopic (exact) mass is 675 g/mol. The molecule has 0 N–H and O–H groups in total. The van der Waals surface area contributed by atoms with Crippen LogP contribution in [-0.4, -0.2) is 88.4 Å². The molecule has 0 amide bonds. The molecule has 16 nitrogen and oxygen atoms in total. The zero-order chi connectivity index (χ0) is 34.8. The molecular formula is C32H41N3O13. The molecule has 4 aliphatic rings. The van der Waals surface area contributed by atoms with E-state index in [4.69, 9.17) is 28.4 Å². The molecule has 0 spiro atoms. The largest absolute Gasteiger partial charge is 0.465 e. The summed E-state index contributed by atoms with van der Waals surface area (Å²) >= 11 is 0. The Morgan fingerprint density at radius 1 is 0.604 bits per heavy atom. The second-order valence-corrected chi connectivity index (χ2v) is 11.7. The van der Waals surface area contributed by atoms with Crippen molar-refractivity contribution in [2.45, 2.75) is 82.6 Å². The van der Waals surface area contributed by atoms with Crippen LogP contribution in [0.1, 0.15) is 38.5 Å². The number of carbonyl (C=O) groups excluding carboxylic acids is 4. The molecular weight excluding hydrogens is 634 g/mol. The maximum atomic E-state index is 12.6. The number of ether oxygens (including phenoxy) is 6. The van der Waals surface area contributed by atoms with Gasteiger partial charge in [-0.3, -0.25) is 4.79 Å². The fourth-order valence-corrected chi connectivity index (χ4v) is 5.72. The van der Waals surface area contributed by atoms with Crippen LogP contribution in [0, 0.1) is 11.8 Å². The van der Waals surface area contributed by atoms with Crippen LogP contribution < -0.4 is 17.1 Å². The molecule has 2 aliphatic heterocycles. The van der Waals surface area contributed by atoms with Crippen molar-refractivity contribution >= 4 is 23.9 Å². The highest BCUT2D eigenvalue weighted by molar-refractivity contribution is 5.81. The van der Waals surface area contributed by atoms with Gasteiger partial charge in [0.2, 0.25) is 0 Å². The Morgan fingerprint density at radius 2 is 1.02 bits per heavy atom. The lowest BCUT2D eigenvalue weighted by molar-refractivity contribution is -0.151. The Kier molecular flexibility index (Phi) is 12.9. The molecule has 0 aromatic carbocycles. The van der Waals surface area contributed by atoms with Crippen molar-refractivity contribution < 1.29 is 47.6 Å². The van der Waals surface area contributed by atoms with E-state index in [2.05, 4.69) is 19.7 Å². The van der Waals surface area contributed by atoms with Crippen molar-refractivity contribution in [3.8, 4) is 0 Å². The van der Waals surface area contributed by atoms with Gasteiger partial charge in [-0.2, -0.15) is 0 Å². The number of hydrogen-bond acceptors (Lipinski definition) is 13. The average molecular weight is 676 g/mol. The van der Waals surface area contributed by atoms with Crippen LogP contribution in [0.5, 0.6) is 0 Å². The molecule has 4 fully saturated rings. The maximum absolute atomic E-state index is 12.6. The minimum atomic E-state index is -0.992. The highest BCUT2D eigenvalue weighted by Crippen LogP contribution is 2.41. The molecule has 2 aliphatic carbocycles. The van der Waals surface area contributed by atoms with E-state index in [0.29, 0.717) is 50.6 Å². The first kappa shape index (κ1) is 36.3. The highest BCUT2D eigenvalue weighted by atomic mass is 16.6. The number of hydrogen-bond donors (Lipinski definition) is 0. The number of rotatable bonds is 15. The molecule has 6 atom stereocenters. The van der Waals surface area contributed by atoms with Gasteiger partial charge in [0.05, 0.1) is 56.6 Å². The van der Waals surface area contributed by atoms with Gasteiger partial charge in [-0.05, 0) is 44.4 Å². The van der Waals surface area contributed by atoms with Gasteiger partial charge < -0.3 is 28.4 Å². The van der Waals surface area contributed by atoms with Crippen molar-refractivity contribution in [2.24, 2.45) is 11.8 Å². The van der Waals surface area contributed by atoms with E-state index < -0.39 is 35.0 Å². The average Bonchev–Trinajstić information content (AvgIpc) is 4.02. The van der Waals surface area contributed by atoms with Crippen LogP contribution in [-0.2, 0) is 67.2 Å².